The average Bonchev–Trinajstić information content (AvgIpc) is 3.39. The van der Waals surface area contributed by atoms with Gasteiger partial charge in [0.05, 0.1) is 79.3 Å². The molecule has 0 aromatic carbocycles. The monoisotopic (exact) mass is 1540 g/mol. The van der Waals surface area contributed by atoms with Crippen LogP contribution < -0.4 is 35.5 Å². The Morgan fingerprint density at radius 1 is 0.263 bits per heavy atom. The summed E-state index contributed by atoms with van der Waals surface area (Å²) in [5.74, 6) is 0. The second-order valence-corrected chi connectivity index (χ2v) is 31.9. The van der Waals surface area contributed by atoms with Crippen LogP contribution in [0.25, 0.3) is 0 Å². The molecule has 0 aromatic rings. The van der Waals surface area contributed by atoms with Gasteiger partial charge in [0.2, 0.25) is 0 Å². The molecule has 0 heterocycles. The maximum absolute atomic E-state index is 11.3. The first-order valence-electron chi connectivity index (χ1n) is 26.0. The quantitative estimate of drug-likeness (QED) is 0.0336. The van der Waals surface area contributed by atoms with E-state index in [-0.39, 0.29) is 66.9 Å². The first kappa shape index (κ1) is 98.5. The minimum atomic E-state index is -3.24. The summed E-state index contributed by atoms with van der Waals surface area (Å²) in [5.41, 5.74) is 0. The molecule has 6 atom stereocenters. The number of hydrogen-bond acceptors (Lipinski definition) is 25. The molecule has 0 rings (SSSR count). The summed E-state index contributed by atoms with van der Waals surface area (Å²) >= 11 is 27.7. The zero-order chi connectivity index (χ0) is 60.9. The van der Waals surface area contributed by atoms with Crippen LogP contribution in [0.5, 0.6) is 0 Å². The van der Waals surface area contributed by atoms with Crippen LogP contribution in [0.1, 0.15) is 157 Å². The Morgan fingerprint density at radius 3 is 0.463 bits per heavy atom. The van der Waals surface area contributed by atoms with Crippen LogP contribution in [0.15, 0.2) is 75.9 Å². The van der Waals surface area contributed by atoms with Gasteiger partial charge in [-0.25, -0.2) is 0 Å². The van der Waals surface area contributed by atoms with Gasteiger partial charge in [-0.2, -0.15) is 0 Å². The van der Waals surface area contributed by atoms with Crippen molar-refractivity contribution in [3.05, 3.63) is 75.9 Å². The van der Waals surface area contributed by atoms with Crippen molar-refractivity contribution in [1.82, 2.24) is 6.15 Å². The first-order chi connectivity index (χ1) is 36.7. The van der Waals surface area contributed by atoms with Crippen LogP contribution >= 0.6 is 40.3 Å². The molecule has 0 spiro atoms. The normalized spacial score (nSPS) is 14.8. The molecule has 0 fully saturated rings. The molecule has 0 aromatic heterocycles. The second-order valence-electron chi connectivity index (χ2n) is 15.4. The molecule has 0 radical (unpaired) electrons. The van der Waals surface area contributed by atoms with E-state index < -0.39 is 40.3 Å². The average molecular weight is 1540 g/mol. The zero-order valence-corrected chi connectivity index (χ0v) is 61.7. The summed E-state index contributed by atoms with van der Waals surface area (Å²) in [5, 5.41) is 0. The van der Waals surface area contributed by atoms with Crippen LogP contribution in [0.3, 0.4) is 0 Å². The van der Waals surface area contributed by atoms with Crippen LogP contribution in [0.2, 0.25) is 0 Å². The van der Waals surface area contributed by atoms with Gasteiger partial charge in [0.1, 0.15) is 40.3 Å². The second kappa shape index (κ2) is 70.4. The summed E-state index contributed by atoms with van der Waals surface area (Å²) in [4.78, 5) is 67.6. The van der Waals surface area contributed by atoms with Crippen LogP contribution in [0.4, 0.5) is 0 Å². The molecule has 0 saturated heterocycles. The van der Waals surface area contributed by atoms with Crippen LogP contribution in [-0.4, -0.2) is 79.3 Å². The van der Waals surface area contributed by atoms with Gasteiger partial charge in [-0.1, -0.05) is 226 Å². The Morgan fingerprint density at radius 2 is 0.375 bits per heavy atom. The molecule has 0 saturated carbocycles. The Hall–Kier alpha value is 2.27. The summed E-state index contributed by atoms with van der Waals surface area (Å²) in [6.45, 7) is 17.1. The predicted molar refractivity (Wildman–Crippen MR) is 340 cm³/mol. The predicted octanol–water partition coefficient (Wildman–Crippen LogP) is 12.0. The van der Waals surface area contributed by atoms with E-state index in [0.717, 1.165) is 116 Å². The standard InChI is InChI=1S/6C8H17O3PS.H3N.W/c6*1-3-5-6-8-11-12(9,13)10-7-4-2;;/h6*4H,2-3,5-8H2,1H3,(H,9,13);1H3;/q;;;;;;;+6/p-6. The third-order valence-corrected chi connectivity index (χ3v) is 17.7. The van der Waals surface area contributed by atoms with Crippen molar-refractivity contribution in [1.29, 1.82) is 0 Å². The van der Waals surface area contributed by atoms with E-state index in [4.69, 9.17) is 54.3 Å². The van der Waals surface area contributed by atoms with Gasteiger partial charge in [0.25, 0.3) is 0 Å². The number of rotatable bonds is 48. The molecule has 0 aliphatic carbocycles. The smallest absolute Gasteiger partial charge is 0.780 e. The maximum Gasteiger partial charge on any atom is 6.00 e. The molecule has 3 N–H and O–H groups in total. The Balaban J connectivity index is -0.000000129. The Labute approximate surface area is 530 Å². The van der Waals surface area contributed by atoms with Gasteiger partial charge in [-0.05, 0) is 38.5 Å². The SMILES string of the molecule is C=CCOP([O-])(=S)OCCCCC.C=CCOP([O-])(=S)OCCCCC.C=CCOP([O-])(=S)OCCCCC.C=CCOP([O-])(=S)OCCCCC.C=CCOP([O-])(=S)OCCCCC.C=CCOP([O-])(=S)OCCCCC.N.[W+6]. The van der Waals surface area contributed by atoms with Gasteiger partial charge in [-0.15, -0.1) is 39.5 Å². The van der Waals surface area contributed by atoms with E-state index in [1.54, 1.807) is 0 Å². The van der Waals surface area contributed by atoms with E-state index in [1.807, 2.05) is 0 Å². The van der Waals surface area contributed by atoms with Crippen molar-refractivity contribution < 1.29 is 105 Å². The molecular formula is C48H99NO18P6S6W. The van der Waals surface area contributed by atoms with E-state index in [2.05, 4.69) is 152 Å². The fourth-order valence-corrected chi connectivity index (χ4v) is 11.0. The van der Waals surface area contributed by atoms with Gasteiger partial charge in [-0.3, -0.25) is 0 Å². The molecule has 19 nitrogen and oxygen atoms in total. The van der Waals surface area contributed by atoms with Crippen molar-refractivity contribution in [3.8, 4) is 0 Å². The molecule has 0 aliphatic rings. The minimum Gasteiger partial charge on any atom is -0.780 e. The molecule has 0 amide bonds. The van der Waals surface area contributed by atoms with Gasteiger partial charge >= 0.3 is 21.1 Å². The maximum atomic E-state index is 11.3. The van der Waals surface area contributed by atoms with Gasteiger partial charge in [0, 0.05) is 0 Å². The van der Waals surface area contributed by atoms with E-state index in [1.165, 1.54) is 36.5 Å². The Bertz CT molecular complexity index is 1430. The van der Waals surface area contributed by atoms with Crippen molar-refractivity contribution >= 4 is 111 Å². The summed E-state index contributed by atoms with van der Waals surface area (Å²) in [6, 6.07) is 0. The van der Waals surface area contributed by atoms with E-state index >= 15 is 0 Å². The number of hydrogen-bond donors (Lipinski definition) is 1. The van der Waals surface area contributed by atoms with Crippen molar-refractivity contribution in [2.75, 3.05) is 79.3 Å². The first-order valence-corrected chi connectivity index (χ1v) is 41.3. The van der Waals surface area contributed by atoms with Crippen LogP contribution in [-0.2, 0) is 146 Å². The number of unbranched alkanes of at least 4 members (excludes halogenated alkanes) is 12. The Kier molecular flexibility index (Phi) is 86.6. The summed E-state index contributed by atoms with van der Waals surface area (Å²) in [6.07, 6.45) is 27.1. The molecular weight excluding hydrogens is 1440 g/mol. The van der Waals surface area contributed by atoms with Crippen molar-refractivity contribution in [3.63, 3.8) is 0 Å². The van der Waals surface area contributed by atoms with E-state index in [0.29, 0.717) is 39.6 Å². The topological polar surface area (TPSA) is 284 Å². The van der Waals surface area contributed by atoms with Gasteiger partial charge < -0.3 is 89.8 Å². The van der Waals surface area contributed by atoms with Crippen LogP contribution in [0, 0.1) is 0 Å². The molecule has 476 valence electrons. The van der Waals surface area contributed by atoms with Crippen molar-refractivity contribution in [2.24, 2.45) is 0 Å². The molecule has 0 aliphatic heterocycles. The van der Waals surface area contributed by atoms with Gasteiger partial charge in [0.15, 0.2) is 0 Å². The fourth-order valence-electron chi connectivity index (χ4n) is 4.26. The minimum absolute atomic E-state index is 0. The molecule has 6 unspecified atom stereocenters. The third-order valence-electron chi connectivity index (χ3n) is 8.09. The fraction of sp³-hybridized carbons (Fsp3) is 0.750. The zero-order valence-electron chi connectivity index (χ0n) is 48.5. The van der Waals surface area contributed by atoms with E-state index in [9.17, 15) is 29.4 Å². The largest absolute Gasteiger partial charge is 6.00 e. The molecule has 32 heteroatoms. The molecule has 0 bridgehead atoms. The van der Waals surface area contributed by atoms with Crippen molar-refractivity contribution in [2.45, 2.75) is 157 Å². The summed E-state index contributed by atoms with van der Waals surface area (Å²) in [7, 11) is 0. The summed E-state index contributed by atoms with van der Waals surface area (Å²) < 4.78 is 58.3. The molecule has 80 heavy (non-hydrogen) atoms. The third kappa shape index (κ3) is 91.4.